The van der Waals surface area contributed by atoms with E-state index in [-0.39, 0.29) is 6.04 Å². The van der Waals surface area contributed by atoms with Crippen LogP contribution in [0.25, 0.3) is 0 Å². The van der Waals surface area contributed by atoms with Crippen molar-refractivity contribution >= 4 is 34.8 Å². The van der Waals surface area contributed by atoms with Crippen LogP contribution in [0.4, 0.5) is 0 Å². The molecular formula is C17H18Cl3N. The fraction of sp³-hybridized carbons (Fsp3) is 0.294. The molecule has 4 heteroatoms. The van der Waals surface area contributed by atoms with Crippen molar-refractivity contribution in [1.82, 2.24) is 5.32 Å². The van der Waals surface area contributed by atoms with Crippen LogP contribution >= 0.6 is 34.8 Å². The molecule has 0 saturated carbocycles. The number of hydrogen-bond donors (Lipinski definition) is 1. The Morgan fingerprint density at radius 2 is 1.76 bits per heavy atom. The molecule has 0 amide bonds. The predicted molar refractivity (Wildman–Crippen MR) is 92.8 cm³/mol. The lowest BCUT2D eigenvalue weighted by atomic mass is 9.97. The predicted octanol–water partition coefficient (Wildman–Crippen LogP) is 6.04. The molecule has 2 rings (SSSR count). The Balaban J connectivity index is 2.44. The highest BCUT2D eigenvalue weighted by molar-refractivity contribution is 6.35. The minimum atomic E-state index is 0.00724. The summed E-state index contributed by atoms with van der Waals surface area (Å²) in [4.78, 5) is 0. The standard InChI is InChI=1S/C17H18Cl3N/c1-3-8-21-17(12-5-4-11(2)15(19)9-12)14-7-6-13(18)10-16(14)20/h4-7,9-10,17,21H,3,8H2,1-2H3. The maximum absolute atomic E-state index is 6.37. The van der Waals surface area contributed by atoms with Crippen molar-refractivity contribution in [3.05, 3.63) is 68.2 Å². The lowest BCUT2D eigenvalue weighted by Crippen LogP contribution is -2.23. The van der Waals surface area contributed by atoms with Gasteiger partial charge in [-0.15, -0.1) is 0 Å². The fourth-order valence-electron chi connectivity index (χ4n) is 2.22. The van der Waals surface area contributed by atoms with Crippen LogP contribution in [-0.2, 0) is 0 Å². The van der Waals surface area contributed by atoms with Gasteiger partial charge in [-0.25, -0.2) is 0 Å². The van der Waals surface area contributed by atoms with Crippen molar-refractivity contribution in [1.29, 1.82) is 0 Å². The third kappa shape index (κ3) is 4.14. The molecule has 0 aromatic heterocycles. The number of hydrogen-bond acceptors (Lipinski definition) is 1. The normalized spacial score (nSPS) is 12.4. The van der Waals surface area contributed by atoms with E-state index in [0.717, 1.165) is 34.7 Å². The zero-order valence-electron chi connectivity index (χ0n) is 12.1. The van der Waals surface area contributed by atoms with Crippen LogP contribution in [0.5, 0.6) is 0 Å². The quantitative estimate of drug-likeness (QED) is 0.698. The molecule has 1 atom stereocenters. The van der Waals surface area contributed by atoms with Gasteiger partial charge in [-0.3, -0.25) is 0 Å². The summed E-state index contributed by atoms with van der Waals surface area (Å²) < 4.78 is 0. The van der Waals surface area contributed by atoms with E-state index in [2.05, 4.69) is 18.3 Å². The van der Waals surface area contributed by atoms with Gasteiger partial charge in [0.05, 0.1) is 6.04 Å². The van der Waals surface area contributed by atoms with Gasteiger partial charge in [0.1, 0.15) is 0 Å². The third-order valence-electron chi connectivity index (χ3n) is 3.40. The minimum Gasteiger partial charge on any atom is -0.306 e. The van der Waals surface area contributed by atoms with Crippen molar-refractivity contribution in [3.8, 4) is 0 Å². The summed E-state index contributed by atoms with van der Waals surface area (Å²) in [7, 11) is 0. The lowest BCUT2D eigenvalue weighted by molar-refractivity contribution is 0.598. The molecule has 0 heterocycles. The molecule has 2 aromatic rings. The summed E-state index contributed by atoms with van der Waals surface area (Å²) in [5.74, 6) is 0. The second-order valence-electron chi connectivity index (χ2n) is 5.06. The van der Waals surface area contributed by atoms with E-state index < -0.39 is 0 Å². The van der Waals surface area contributed by atoms with E-state index in [0.29, 0.717) is 10.0 Å². The Morgan fingerprint density at radius 1 is 1.00 bits per heavy atom. The number of aryl methyl sites for hydroxylation is 1. The van der Waals surface area contributed by atoms with E-state index in [9.17, 15) is 0 Å². The molecule has 0 saturated heterocycles. The smallest absolute Gasteiger partial charge is 0.0592 e. The highest BCUT2D eigenvalue weighted by Gasteiger charge is 2.17. The van der Waals surface area contributed by atoms with E-state index in [1.54, 1.807) is 6.07 Å². The van der Waals surface area contributed by atoms with Crippen LogP contribution in [0.2, 0.25) is 15.1 Å². The molecule has 112 valence electrons. The molecule has 0 aliphatic carbocycles. The Bertz CT molecular complexity index is 625. The van der Waals surface area contributed by atoms with Crippen molar-refractivity contribution < 1.29 is 0 Å². The van der Waals surface area contributed by atoms with Crippen LogP contribution in [-0.4, -0.2) is 6.54 Å². The second kappa shape index (κ2) is 7.51. The average molecular weight is 343 g/mol. The molecule has 0 aliphatic heterocycles. The first-order valence-electron chi connectivity index (χ1n) is 6.97. The number of rotatable bonds is 5. The van der Waals surface area contributed by atoms with E-state index >= 15 is 0 Å². The molecule has 1 unspecified atom stereocenters. The largest absolute Gasteiger partial charge is 0.306 e. The molecule has 2 aromatic carbocycles. The minimum absolute atomic E-state index is 0.00724. The Hall–Kier alpha value is -0.730. The van der Waals surface area contributed by atoms with E-state index in [4.69, 9.17) is 34.8 Å². The van der Waals surface area contributed by atoms with Gasteiger partial charge in [0.15, 0.2) is 0 Å². The summed E-state index contributed by atoms with van der Waals surface area (Å²) in [6.45, 7) is 5.03. The zero-order valence-corrected chi connectivity index (χ0v) is 14.4. The highest BCUT2D eigenvalue weighted by atomic mass is 35.5. The molecule has 21 heavy (non-hydrogen) atoms. The molecule has 1 N–H and O–H groups in total. The highest BCUT2D eigenvalue weighted by Crippen LogP contribution is 2.32. The first kappa shape index (κ1) is 16.6. The SMILES string of the molecule is CCCNC(c1ccc(C)c(Cl)c1)c1ccc(Cl)cc1Cl. The Labute approximate surface area is 141 Å². The van der Waals surface area contributed by atoms with E-state index in [1.165, 1.54) is 0 Å². The number of nitrogens with one attached hydrogen (secondary N) is 1. The maximum Gasteiger partial charge on any atom is 0.0592 e. The van der Waals surface area contributed by atoms with Crippen LogP contribution in [0.1, 0.15) is 36.1 Å². The summed E-state index contributed by atoms with van der Waals surface area (Å²) in [5, 5.41) is 5.59. The summed E-state index contributed by atoms with van der Waals surface area (Å²) in [5.41, 5.74) is 3.18. The molecular weight excluding hydrogens is 325 g/mol. The van der Waals surface area contributed by atoms with Crippen LogP contribution in [0, 0.1) is 6.92 Å². The monoisotopic (exact) mass is 341 g/mol. The van der Waals surface area contributed by atoms with Gasteiger partial charge in [0, 0.05) is 15.1 Å². The number of benzene rings is 2. The van der Waals surface area contributed by atoms with Gasteiger partial charge in [-0.05, 0) is 54.8 Å². The molecule has 0 radical (unpaired) electrons. The number of halogens is 3. The Morgan fingerprint density at radius 3 is 2.38 bits per heavy atom. The molecule has 0 aliphatic rings. The summed E-state index contributed by atoms with van der Waals surface area (Å²) in [6.07, 6.45) is 1.04. The van der Waals surface area contributed by atoms with Crippen molar-refractivity contribution in [2.24, 2.45) is 0 Å². The van der Waals surface area contributed by atoms with Gasteiger partial charge in [0.25, 0.3) is 0 Å². The molecule has 0 fully saturated rings. The Kier molecular flexibility index (Phi) is 5.95. The maximum atomic E-state index is 6.37. The third-order valence-corrected chi connectivity index (χ3v) is 4.37. The van der Waals surface area contributed by atoms with E-state index in [1.807, 2.05) is 31.2 Å². The van der Waals surface area contributed by atoms with Gasteiger partial charge >= 0.3 is 0 Å². The summed E-state index contributed by atoms with van der Waals surface area (Å²) >= 11 is 18.6. The summed E-state index contributed by atoms with van der Waals surface area (Å²) in [6, 6.07) is 11.7. The first-order valence-corrected chi connectivity index (χ1v) is 8.10. The van der Waals surface area contributed by atoms with Gasteiger partial charge < -0.3 is 5.32 Å². The average Bonchev–Trinajstić information content (AvgIpc) is 2.44. The van der Waals surface area contributed by atoms with Gasteiger partial charge in [-0.1, -0.05) is 59.9 Å². The van der Waals surface area contributed by atoms with Crippen LogP contribution in [0.3, 0.4) is 0 Å². The van der Waals surface area contributed by atoms with Crippen molar-refractivity contribution in [2.45, 2.75) is 26.3 Å². The van der Waals surface area contributed by atoms with Crippen molar-refractivity contribution in [2.75, 3.05) is 6.54 Å². The van der Waals surface area contributed by atoms with Crippen LogP contribution < -0.4 is 5.32 Å². The molecule has 1 nitrogen and oxygen atoms in total. The van der Waals surface area contributed by atoms with Crippen molar-refractivity contribution in [3.63, 3.8) is 0 Å². The lowest BCUT2D eigenvalue weighted by Gasteiger charge is -2.21. The zero-order chi connectivity index (χ0) is 15.4. The first-order chi connectivity index (χ1) is 10.0. The second-order valence-corrected chi connectivity index (χ2v) is 6.31. The van der Waals surface area contributed by atoms with Gasteiger partial charge in [0.2, 0.25) is 0 Å². The fourth-order valence-corrected chi connectivity index (χ4v) is 2.93. The molecule has 0 bridgehead atoms. The molecule has 0 spiro atoms. The topological polar surface area (TPSA) is 12.0 Å². The van der Waals surface area contributed by atoms with Crippen LogP contribution in [0.15, 0.2) is 36.4 Å². The van der Waals surface area contributed by atoms with Gasteiger partial charge in [-0.2, -0.15) is 0 Å².